The minimum Gasteiger partial charge on any atom is -0.329 e. The van der Waals surface area contributed by atoms with Crippen LogP contribution in [0.15, 0.2) is 11.7 Å². The first-order valence-corrected chi connectivity index (χ1v) is 6.12. The largest absolute Gasteiger partial charge is 0.329 e. The molecule has 0 saturated carbocycles. The second-order valence-electron chi connectivity index (χ2n) is 3.75. The average molecular weight is 211 g/mol. The summed E-state index contributed by atoms with van der Waals surface area (Å²) < 4.78 is 0. The minimum absolute atomic E-state index is 0.405. The standard InChI is InChI=1S/C10H17N3S/c11-6-9(10-7-12-8-14-10)13-4-2-1-3-5-13/h7-9H,1-6,11H2. The molecule has 1 unspecified atom stereocenters. The molecular formula is C10H17N3S. The van der Waals surface area contributed by atoms with Crippen LogP contribution < -0.4 is 5.73 Å². The van der Waals surface area contributed by atoms with Crippen LogP contribution >= 0.6 is 11.3 Å². The molecule has 4 heteroatoms. The van der Waals surface area contributed by atoms with E-state index in [0.717, 1.165) is 0 Å². The molecule has 0 aromatic carbocycles. The van der Waals surface area contributed by atoms with Gasteiger partial charge in [-0.3, -0.25) is 9.88 Å². The van der Waals surface area contributed by atoms with Crippen molar-refractivity contribution in [3.05, 3.63) is 16.6 Å². The van der Waals surface area contributed by atoms with Crippen molar-refractivity contribution in [3.8, 4) is 0 Å². The van der Waals surface area contributed by atoms with Gasteiger partial charge in [-0.1, -0.05) is 6.42 Å². The number of hydrogen-bond acceptors (Lipinski definition) is 4. The van der Waals surface area contributed by atoms with Gasteiger partial charge in [0, 0.05) is 17.6 Å². The number of piperidine rings is 1. The fourth-order valence-electron chi connectivity index (χ4n) is 2.07. The number of likely N-dealkylation sites (tertiary alicyclic amines) is 1. The molecule has 2 N–H and O–H groups in total. The molecule has 3 nitrogen and oxygen atoms in total. The van der Waals surface area contributed by atoms with Crippen LogP contribution in [0, 0.1) is 0 Å². The third-order valence-corrected chi connectivity index (χ3v) is 3.71. The number of hydrogen-bond donors (Lipinski definition) is 1. The lowest BCUT2D eigenvalue weighted by molar-refractivity contribution is 0.169. The highest BCUT2D eigenvalue weighted by atomic mass is 32.1. The summed E-state index contributed by atoms with van der Waals surface area (Å²) in [6.07, 6.45) is 5.96. The monoisotopic (exact) mass is 211 g/mol. The van der Waals surface area contributed by atoms with Gasteiger partial charge in [0.25, 0.3) is 0 Å². The van der Waals surface area contributed by atoms with Gasteiger partial charge >= 0.3 is 0 Å². The summed E-state index contributed by atoms with van der Waals surface area (Å²) in [6.45, 7) is 3.10. The molecule has 1 aliphatic heterocycles. The summed E-state index contributed by atoms with van der Waals surface area (Å²) in [7, 11) is 0. The van der Waals surface area contributed by atoms with E-state index in [-0.39, 0.29) is 0 Å². The van der Waals surface area contributed by atoms with E-state index >= 15 is 0 Å². The Balaban J connectivity index is 2.04. The molecular weight excluding hydrogens is 194 g/mol. The Morgan fingerprint density at radius 2 is 2.21 bits per heavy atom. The van der Waals surface area contributed by atoms with Gasteiger partial charge in [0.15, 0.2) is 0 Å². The predicted octanol–water partition coefficient (Wildman–Crippen LogP) is 1.63. The van der Waals surface area contributed by atoms with Gasteiger partial charge in [-0.05, 0) is 25.9 Å². The van der Waals surface area contributed by atoms with E-state index in [1.54, 1.807) is 11.3 Å². The zero-order valence-electron chi connectivity index (χ0n) is 8.35. The van der Waals surface area contributed by atoms with E-state index in [1.807, 2.05) is 11.7 Å². The van der Waals surface area contributed by atoms with Gasteiger partial charge in [0.05, 0.1) is 11.6 Å². The van der Waals surface area contributed by atoms with Gasteiger partial charge in [0.1, 0.15) is 0 Å². The Labute approximate surface area is 88.9 Å². The fraction of sp³-hybridized carbons (Fsp3) is 0.700. The van der Waals surface area contributed by atoms with Crippen molar-refractivity contribution in [2.75, 3.05) is 19.6 Å². The van der Waals surface area contributed by atoms with Crippen molar-refractivity contribution in [1.29, 1.82) is 0 Å². The molecule has 2 heterocycles. The smallest absolute Gasteiger partial charge is 0.0794 e. The van der Waals surface area contributed by atoms with E-state index in [2.05, 4.69) is 9.88 Å². The summed E-state index contributed by atoms with van der Waals surface area (Å²) in [4.78, 5) is 7.93. The molecule has 1 aromatic rings. The molecule has 0 spiro atoms. The van der Waals surface area contributed by atoms with Crippen molar-refractivity contribution in [2.24, 2.45) is 5.73 Å². The van der Waals surface area contributed by atoms with Crippen LogP contribution in [0.25, 0.3) is 0 Å². The molecule has 1 fully saturated rings. The normalized spacial score (nSPS) is 20.9. The van der Waals surface area contributed by atoms with Crippen LogP contribution in [0.4, 0.5) is 0 Å². The zero-order chi connectivity index (χ0) is 9.80. The first kappa shape index (κ1) is 10.1. The molecule has 14 heavy (non-hydrogen) atoms. The van der Waals surface area contributed by atoms with Crippen LogP contribution in [-0.2, 0) is 0 Å². The highest BCUT2D eigenvalue weighted by molar-refractivity contribution is 7.09. The average Bonchev–Trinajstić information content (AvgIpc) is 2.74. The second-order valence-corrected chi connectivity index (χ2v) is 4.67. The molecule has 0 radical (unpaired) electrons. The van der Waals surface area contributed by atoms with Crippen LogP contribution in [0.2, 0.25) is 0 Å². The van der Waals surface area contributed by atoms with E-state index in [4.69, 9.17) is 5.73 Å². The van der Waals surface area contributed by atoms with Crippen molar-refractivity contribution < 1.29 is 0 Å². The van der Waals surface area contributed by atoms with Crippen LogP contribution in [0.1, 0.15) is 30.2 Å². The molecule has 1 atom stereocenters. The molecule has 1 aliphatic rings. The van der Waals surface area contributed by atoms with E-state index < -0.39 is 0 Å². The maximum Gasteiger partial charge on any atom is 0.0794 e. The number of nitrogens with two attached hydrogens (primary N) is 1. The number of thiazole rings is 1. The molecule has 1 saturated heterocycles. The quantitative estimate of drug-likeness (QED) is 0.826. The van der Waals surface area contributed by atoms with Gasteiger partial charge < -0.3 is 5.73 Å². The minimum atomic E-state index is 0.405. The van der Waals surface area contributed by atoms with Gasteiger partial charge in [-0.2, -0.15) is 0 Å². The summed E-state index contributed by atoms with van der Waals surface area (Å²) >= 11 is 1.72. The third-order valence-electron chi connectivity index (χ3n) is 2.83. The van der Waals surface area contributed by atoms with Crippen molar-refractivity contribution in [2.45, 2.75) is 25.3 Å². The maximum absolute atomic E-state index is 5.83. The maximum atomic E-state index is 5.83. The zero-order valence-corrected chi connectivity index (χ0v) is 9.17. The summed E-state index contributed by atoms with van der Waals surface area (Å²) in [5.74, 6) is 0. The first-order chi connectivity index (χ1) is 6.92. The molecule has 1 aromatic heterocycles. The van der Waals surface area contributed by atoms with Crippen molar-refractivity contribution in [1.82, 2.24) is 9.88 Å². The van der Waals surface area contributed by atoms with Crippen LogP contribution in [0.3, 0.4) is 0 Å². The SMILES string of the molecule is NCC(c1cncs1)N1CCCCC1. The lowest BCUT2D eigenvalue weighted by Crippen LogP contribution is -2.37. The lowest BCUT2D eigenvalue weighted by Gasteiger charge is -2.33. The molecule has 78 valence electrons. The topological polar surface area (TPSA) is 42.1 Å². The molecule has 2 rings (SSSR count). The number of nitrogens with zero attached hydrogens (tertiary/aromatic N) is 2. The Kier molecular flexibility index (Phi) is 3.50. The van der Waals surface area contributed by atoms with Crippen LogP contribution in [-0.4, -0.2) is 29.5 Å². The molecule has 0 bridgehead atoms. The van der Waals surface area contributed by atoms with Gasteiger partial charge in [-0.15, -0.1) is 11.3 Å². The molecule has 0 aliphatic carbocycles. The van der Waals surface area contributed by atoms with Crippen LogP contribution in [0.5, 0.6) is 0 Å². The second kappa shape index (κ2) is 4.87. The van der Waals surface area contributed by atoms with E-state index in [0.29, 0.717) is 12.6 Å². The first-order valence-electron chi connectivity index (χ1n) is 5.24. The Hall–Kier alpha value is -0.450. The highest BCUT2D eigenvalue weighted by Crippen LogP contribution is 2.25. The molecule has 0 amide bonds. The van der Waals surface area contributed by atoms with E-state index in [1.165, 1.54) is 37.2 Å². The lowest BCUT2D eigenvalue weighted by atomic mass is 10.1. The van der Waals surface area contributed by atoms with E-state index in [9.17, 15) is 0 Å². The Bertz CT molecular complexity index is 254. The third kappa shape index (κ3) is 2.13. The van der Waals surface area contributed by atoms with Crippen molar-refractivity contribution in [3.63, 3.8) is 0 Å². The number of rotatable bonds is 3. The van der Waals surface area contributed by atoms with Crippen molar-refractivity contribution >= 4 is 11.3 Å². The fourth-order valence-corrected chi connectivity index (χ4v) is 2.83. The Morgan fingerprint density at radius 1 is 1.43 bits per heavy atom. The summed E-state index contributed by atoms with van der Waals surface area (Å²) in [6, 6.07) is 0.405. The predicted molar refractivity (Wildman–Crippen MR) is 59.3 cm³/mol. The van der Waals surface area contributed by atoms with Gasteiger partial charge in [-0.25, -0.2) is 0 Å². The summed E-state index contributed by atoms with van der Waals surface area (Å²) in [5, 5.41) is 0. The Morgan fingerprint density at radius 3 is 2.79 bits per heavy atom. The van der Waals surface area contributed by atoms with Gasteiger partial charge in [0.2, 0.25) is 0 Å². The highest BCUT2D eigenvalue weighted by Gasteiger charge is 2.21. The summed E-state index contributed by atoms with van der Waals surface area (Å²) in [5.41, 5.74) is 7.72. The number of aromatic nitrogens is 1.